The number of nitrogen functional groups attached to an aromatic ring is 1. The molecule has 10 heteroatoms. The number of likely N-dealkylation sites (N-methyl/N-ethyl adjacent to an activating group) is 1. The number of carbonyl (C=O) groups excluding carboxylic acids is 1. The lowest BCUT2D eigenvalue weighted by atomic mass is 9.42. The molecule has 0 aromatic heterocycles. The van der Waals surface area contributed by atoms with Crippen molar-refractivity contribution < 1.29 is 38.3 Å². The van der Waals surface area contributed by atoms with Crippen molar-refractivity contribution >= 4 is 11.7 Å². The zero-order valence-electron chi connectivity index (χ0n) is 26.3. The lowest BCUT2D eigenvalue weighted by molar-refractivity contribution is -0.326. The molecular formula is C33H48N2O8. The molecule has 7 rings (SSSR count). The Bertz CT molecular complexity index is 1270. The summed E-state index contributed by atoms with van der Waals surface area (Å²) in [5.41, 5.74) is 3.62. The van der Waals surface area contributed by atoms with Crippen molar-refractivity contribution in [3.8, 4) is 0 Å². The lowest BCUT2D eigenvalue weighted by Crippen LogP contribution is -2.82. The zero-order chi connectivity index (χ0) is 30.5. The molecule has 5 saturated carbocycles. The van der Waals surface area contributed by atoms with Crippen LogP contribution in [0.4, 0.5) is 5.69 Å². The molecule has 3 N–H and O–H groups in total. The minimum atomic E-state index is -1.39. The van der Waals surface area contributed by atoms with E-state index in [1.54, 1.807) is 53.7 Å². The van der Waals surface area contributed by atoms with Crippen LogP contribution in [0.3, 0.4) is 0 Å². The van der Waals surface area contributed by atoms with Crippen LogP contribution in [0, 0.1) is 34.5 Å². The summed E-state index contributed by atoms with van der Waals surface area (Å²) in [4.78, 5) is 15.9. The van der Waals surface area contributed by atoms with Gasteiger partial charge in [-0.15, -0.1) is 0 Å². The smallest absolute Gasteiger partial charge is 0.340 e. The fourth-order valence-electron chi connectivity index (χ4n) is 12.3. The van der Waals surface area contributed by atoms with E-state index in [1.807, 2.05) is 6.07 Å². The molecule has 6 fully saturated rings. The van der Waals surface area contributed by atoms with Gasteiger partial charge in [-0.2, -0.15) is 0 Å². The number of piperidine rings is 1. The Kier molecular flexibility index (Phi) is 7.03. The molecule has 6 aliphatic rings. The molecule has 0 amide bonds. The second-order valence-corrected chi connectivity index (χ2v) is 14.0. The Hall–Kier alpha value is -1.79. The Morgan fingerprint density at radius 3 is 2.49 bits per heavy atom. The molecule has 1 unspecified atom stereocenters. The second-order valence-electron chi connectivity index (χ2n) is 14.0. The SMILES string of the molecule is CCN1C[C@]2(COC(=O)c3ccccc3N)CC[C@H](OC)[C@]34C1[C@](O)([C@@H](OC)[C@H]23)[C@@]1(OC)C[C@H](OC)[C@H]2C[C@@H]4[C@@H]1[C@H]2OC. The van der Waals surface area contributed by atoms with E-state index in [0.29, 0.717) is 24.2 Å². The maximum Gasteiger partial charge on any atom is 0.340 e. The molecule has 13 atom stereocenters. The fraction of sp³-hybridized carbons (Fsp3) is 0.788. The van der Waals surface area contributed by atoms with Gasteiger partial charge in [-0.25, -0.2) is 4.79 Å². The number of hydrogen-bond donors (Lipinski definition) is 2. The monoisotopic (exact) mass is 600 g/mol. The summed E-state index contributed by atoms with van der Waals surface area (Å²) < 4.78 is 38.3. The van der Waals surface area contributed by atoms with Crippen molar-refractivity contribution in [3.05, 3.63) is 29.8 Å². The Balaban J connectivity index is 1.43. The number of hydrogen-bond acceptors (Lipinski definition) is 10. The number of nitrogens with two attached hydrogens (primary N) is 1. The summed E-state index contributed by atoms with van der Waals surface area (Å²) >= 11 is 0. The van der Waals surface area contributed by atoms with Crippen LogP contribution in [0.15, 0.2) is 24.3 Å². The summed E-state index contributed by atoms with van der Waals surface area (Å²) in [5.74, 6) is -0.336. The van der Waals surface area contributed by atoms with E-state index >= 15 is 0 Å². The van der Waals surface area contributed by atoms with Gasteiger partial charge >= 0.3 is 5.97 Å². The van der Waals surface area contributed by atoms with Crippen LogP contribution in [0.5, 0.6) is 0 Å². The summed E-state index contributed by atoms with van der Waals surface area (Å²) in [6.45, 7) is 3.75. The largest absolute Gasteiger partial charge is 0.461 e. The minimum Gasteiger partial charge on any atom is -0.461 e. The van der Waals surface area contributed by atoms with Crippen LogP contribution < -0.4 is 5.73 Å². The highest BCUT2D eigenvalue weighted by molar-refractivity contribution is 5.95. The molecule has 7 bridgehead atoms. The molecule has 5 aliphatic carbocycles. The quantitative estimate of drug-likeness (QED) is 0.323. The average molecular weight is 601 g/mol. The van der Waals surface area contributed by atoms with Gasteiger partial charge in [-0.05, 0) is 43.9 Å². The normalized spacial score (nSPS) is 49.2. The molecular weight excluding hydrogens is 552 g/mol. The van der Waals surface area contributed by atoms with E-state index in [2.05, 4.69) is 11.8 Å². The van der Waals surface area contributed by atoms with Crippen LogP contribution in [-0.4, -0.2) is 113 Å². The molecule has 1 aromatic carbocycles. The molecule has 1 spiro atoms. The highest BCUT2D eigenvalue weighted by Gasteiger charge is 2.92. The molecule has 0 radical (unpaired) electrons. The maximum atomic E-state index is 13.6. The Morgan fingerprint density at radius 1 is 1.09 bits per heavy atom. The van der Waals surface area contributed by atoms with Crippen LogP contribution in [0.2, 0.25) is 0 Å². The van der Waals surface area contributed by atoms with Crippen LogP contribution >= 0.6 is 0 Å². The number of benzene rings is 1. The average Bonchev–Trinajstić information content (AvgIpc) is 3.42. The predicted octanol–water partition coefficient (Wildman–Crippen LogP) is 2.37. The van der Waals surface area contributed by atoms with Crippen LogP contribution in [-0.2, 0) is 28.4 Å². The summed E-state index contributed by atoms with van der Waals surface area (Å²) in [5, 5.41) is 13.6. The molecule has 10 nitrogen and oxygen atoms in total. The molecule has 1 heterocycles. The van der Waals surface area contributed by atoms with E-state index in [1.165, 1.54) is 0 Å². The van der Waals surface area contributed by atoms with E-state index < -0.39 is 34.1 Å². The third-order valence-corrected chi connectivity index (χ3v) is 13.3. The Labute approximate surface area is 254 Å². The molecule has 1 aliphatic heterocycles. The minimum absolute atomic E-state index is 0.0697. The van der Waals surface area contributed by atoms with Gasteiger partial charge in [-0.1, -0.05) is 19.1 Å². The number of rotatable bonds is 9. The third-order valence-electron chi connectivity index (χ3n) is 13.3. The van der Waals surface area contributed by atoms with E-state index in [9.17, 15) is 9.90 Å². The topological polar surface area (TPSA) is 122 Å². The molecule has 238 valence electrons. The first-order valence-electron chi connectivity index (χ1n) is 15.8. The maximum absolute atomic E-state index is 13.6. The van der Waals surface area contributed by atoms with Gasteiger partial charge in [0.25, 0.3) is 0 Å². The van der Waals surface area contributed by atoms with Crippen molar-refractivity contribution in [2.45, 2.75) is 74.3 Å². The van der Waals surface area contributed by atoms with Crippen molar-refractivity contribution in [3.63, 3.8) is 0 Å². The van der Waals surface area contributed by atoms with Crippen molar-refractivity contribution in [1.82, 2.24) is 4.90 Å². The summed E-state index contributed by atoms with van der Waals surface area (Å²) in [6, 6.07) is 6.75. The van der Waals surface area contributed by atoms with E-state index in [-0.39, 0.29) is 54.6 Å². The third kappa shape index (κ3) is 3.31. The number of ether oxygens (including phenoxy) is 6. The van der Waals surface area contributed by atoms with Gasteiger partial charge < -0.3 is 39.3 Å². The number of esters is 1. The lowest BCUT2D eigenvalue weighted by Gasteiger charge is -2.70. The number of aliphatic hydroxyl groups is 1. The fourth-order valence-corrected chi connectivity index (χ4v) is 12.3. The number of carbonyl (C=O) groups is 1. The molecule has 43 heavy (non-hydrogen) atoms. The van der Waals surface area contributed by atoms with Crippen LogP contribution in [0.1, 0.15) is 43.0 Å². The number of likely N-dealkylation sites (tertiary alicyclic amines) is 1. The van der Waals surface area contributed by atoms with Crippen molar-refractivity contribution in [2.75, 3.05) is 61.0 Å². The van der Waals surface area contributed by atoms with Gasteiger partial charge in [0, 0.05) is 82.8 Å². The Morgan fingerprint density at radius 2 is 1.86 bits per heavy atom. The second kappa shape index (κ2) is 10.1. The van der Waals surface area contributed by atoms with Gasteiger partial charge in [-0.3, -0.25) is 4.90 Å². The highest BCUT2D eigenvalue weighted by Crippen LogP contribution is 2.81. The van der Waals surface area contributed by atoms with Gasteiger partial charge in [0.2, 0.25) is 0 Å². The first kappa shape index (κ1) is 29.9. The van der Waals surface area contributed by atoms with Gasteiger partial charge in [0.1, 0.15) is 11.2 Å². The number of fused-ring (bicyclic) bond motifs is 2. The number of nitrogens with zero attached hydrogens (tertiary/aromatic N) is 1. The van der Waals surface area contributed by atoms with Crippen LogP contribution in [0.25, 0.3) is 0 Å². The predicted molar refractivity (Wildman–Crippen MR) is 157 cm³/mol. The number of methoxy groups -OCH3 is 5. The van der Waals surface area contributed by atoms with E-state index in [4.69, 9.17) is 34.2 Å². The molecule has 1 aromatic rings. The molecule has 1 saturated heterocycles. The highest BCUT2D eigenvalue weighted by atomic mass is 16.6. The number of para-hydroxylation sites is 1. The summed E-state index contributed by atoms with van der Waals surface area (Å²) in [7, 11) is 8.78. The number of anilines is 1. The van der Waals surface area contributed by atoms with Crippen molar-refractivity contribution in [2.24, 2.45) is 34.5 Å². The first-order valence-corrected chi connectivity index (χ1v) is 15.8. The van der Waals surface area contributed by atoms with Gasteiger partial charge in [0.15, 0.2) is 0 Å². The van der Waals surface area contributed by atoms with Gasteiger partial charge in [0.05, 0.1) is 42.6 Å². The zero-order valence-corrected chi connectivity index (χ0v) is 26.3. The van der Waals surface area contributed by atoms with Crippen molar-refractivity contribution in [1.29, 1.82) is 0 Å². The standard InChI is InChI=1S/C33H48N2O8/c1-7-35-16-30(17-43-28(36)18-10-8-9-11-21(18)34)13-12-23(39-3)32-20-14-19-22(38-2)15-31(42-6,24(20)25(19)40-4)33(37,29(32)35)27(41-5)26(30)32/h8-11,19-20,22-27,29,37H,7,12-17,34H2,1-6H3/t19-,20-,22+,23+,24-,25+,26-,27+,29?,30+,31-,32+,33-/m1/s1. The van der Waals surface area contributed by atoms with E-state index in [0.717, 1.165) is 25.8 Å². The summed E-state index contributed by atoms with van der Waals surface area (Å²) in [6.07, 6.45) is 2.09. The first-order chi connectivity index (χ1) is 20.7.